The van der Waals surface area contributed by atoms with Crippen LogP contribution in [0.5, 0.6) is 0 Å². The minimum atomic E-state index is -4.43. The molecule has 1 saturated carbocycles. The second kappa shape index (κ2) is 31.8. The molecule has 1 rings (SSSR count). The van der Waals surface area contributed by atoms with Gasteiger partial charge < -0.3 is 35.4 Å². The number of phosphoric ester groups is 1. The van der Waals surface area contributed by atoms with Gasteiger partial charge in [-0.3, -0.25) is 18.6 Å². The Hall–Kier alpha value is -1.37. The first-order valence-corrected chi connectivity index (χ1v) is 22.4. The van der Waals surface area contributed by atoms with Crippen molar-refractivity contribution in [2.75, 3.05) is 26.4 Å². The normalized spacial score (nSPS) is 21.1. The van der Waals surface area contributed by atoms with Crippen LogP contribution in [0.15, 0.2) is 12.2 Å². The molecule has 0 amide bonds. The van der Waals surface area contributed by atoms with Gasteiger partial charge in [-0.1, -0.05) is 135 Å². The smallest absolute Gasteiger partial charge is 0.462 e. The van der Waals surface area contributed by atoms with E-state index in [-0.39, 0.29) is 44.4 Å². The lowest BCUT2D eigenvalue weighted by molar-refractivity contribution is -0.161. The fourth-order valence-corrected chi connectivity index (χ4v) is 7.61. The van der Waals surface area contributed by atoms with Crippen molar-refractivity contribution in [1.82, 2.24) is 0 Å². The number of esters is 2. The van der Waals surface area contributed by atoms with Gasteiger partial charge in [0, 0.05) is 31.7 Å². The minimum Gasteiger partial charge on any atom is -0.462 e. The van der Waals surface area contributed by atoms with Crippen LogP contribution in [0.3, 0.4) is 0 Å². The zero-order chi connectivity index (χ0) is 39.2. The number of unbranched alkanes of at least 4 members (excludes halogenated alkanes) is 16. The third kappa shape index (κ3) is 26.2. The number of carbonyl (C=O) groups excluding carboxylic acids is 2. The van der Waals surface area contributed by atoms with Crippen LogP contribution in [0.25, 0.3) is 0 Å². The molecule has 1 aliphatic rings. The van der Waals surface area contributed by atoms with Crippen LogP contribution >= 0.6 is 7.82 Å². The molecule has 7 atom stereocenters. The molecule has 12 nitrogen and oxygen atoms in total. The molecule has 1 unspecified atom stereocenters. The van der Waals surface area contributed by atoms with Crippen LogP contribution < -0.4 is 5.73 Å². The third-order valence-electron chi connectivity index (χ3n) is 10.0. The van der Waals surface area contributed by atoms with Gasteiger partial charge in [0.15, 0.2) is 6.10 Å². The molecule has 0 aromatic rings. The quantitative estimate of drug-likeness (QED) is 0.0181. The van der Waals surface area contributed by atoms with E-state index in [9.17, 15) is 34.4 Å². The number of carbonyl (C=O) groups is 2. The monoisotopic (exact) mass is 778 g/mol. The van der Waals surface area contributed by atoms with E-state index in [1.165, 1.54) is 51.4 Å². The van der Waals surface area contributed by atoms with Crippen molar-refractivity contribution >= 4 is 19.8 Å². The second-order valence-corrected chi connectivity index (χ2v) is 16.3. The summed E-state index contributed by atoms with van der Waals surface area (Å²) in [6.07, 6.45) is 23.1. The Balaban J connectivity index is 2.41. The SMILES string of the molecule is CCCCCCCCCCCCCCC(=O)OC[C@H](COP(=O)(O)OCCN)OC(=O)CCCCCC[C@@H]1[C@@H](/C=C/[C@@H](O)CCCCC)[C@H](O)C[C@@H]1O. The van der Waals surface area contributed by atoms with Crippen molar-refractivity contribution < 1.29 is 52.9 Å². The third-order valence-corrected chi connectivity index (χ3v) is 11.0. The number of ether oxygens (including phenoxy) is 2. The van der Waals surface area contributed by atoms with Gasteiger partial charge in [0.2, 0.25) is 0 Å². The molecule has 0 heterocycles. The summed E-state index contributed by atoms with van der Waals surface area (Å²) < 4.78 is 32.7. The van der Waals surface area contributed by atoms with Crippen LogP contribution in [0.1, 0.15) is 168 Å². The van der Waals surface area contributed by atoms with Gasteiger partial charge in [-0.25, -0.2) is 4.57 Å². The van der Waals surface area contributed by atoms with E-state index in [0.29, 0.717) is 25.7 Å². The Bertz CT molecular complexity index is 1000. The maximum absolute atomic E-state index is 12.7. The maximum Gasteiger partial charge on any atom is 0.472 e. The fourth-order valence-electron chi connectivity index (χ4n) is 6.85. The summed E-state index contributed by atoms with van der Waals surface area (Å²) in [5.74, 6) is -1.25. The molecule has 0 spiro atoms. The van der Waals surface area contributed by atoms with Crippen LogP contribution in [0.2, 0.25) is 0 Å². The van der Waals surface area contributed by atoms with Crippen LogP contribution in [0.4, 0.5) is 0 Å². The largest absolute Gasteiger partial charge is 0.472 e. The summed E-state index contributed by atoms with van der Waals surface area (Å²) in [5.41, 5.74) is 5.34. The first-order chi connectivity index (χ1) is 25.5. The van der Waals surface area contributed by atoms with Crippen molar-refractivity contribution in [3.8, 4) is 0 Å². The number of hydrogen-bond donors (Lipinski definition) is 5. The molecule has 0 aliphatic heterocycles. The Labute approximate surface area is 320 Å². The highest BCUT2D eigenvalue weighted by molar-refractivity contribution is 7.47. The number of rotatable bonds is 35. The highest BCUT2D eigenvalue weighted by atomic mass is 31.2. The lowest BCUT2D eigenvalue weighted by atomic mass is 9.88. The van der Waals surface area contributed by atoms with Gasteiger partial charge >= 0.3 is 19.8 Å². The lowest BCUT2D eigenvalue weighted by Gasteiger charge is -2.21. The molecule has 0 aromatic heterocycles. The van der Waals surface area contributed by atoms with E-state index < -0.39 is 50.8 Å². The molecule has 1 fully saturated rings. The average Bonchev–Trinajstić information content (AvgIpc) is 3.40. The van der Waals surface area contributed by atoms with E-state index in [1.807, 2.05) is 6.08 Å². The molecule has 0 bridgehead atoms. The Morgan fingerprint density at radius 3 is 1.91 bits per heavy atom. The van der Waals surface area contributed by atoms with Crippen molar-refractivity contribution in [1.29, 1.82) is 0 Å². The number of aliphatic hydroxyl groups is 3. The number of nitrogens with two attached hydrogens (primary N) is 1. The van der Waals surface area contributed by atoms with Gasteiger partial charge in [0.25, 0.3) is 0 Å². The zero-order valence-corrected chi connectivity index (χ0v) is 34.0. The average molecular weight is 778 g/mol. The van der Waals surface area contributed by atoms with Crippen molar-refractivity contribution in [2.45, 2.75) is 192 Å². The Morgan fingerprint density at radius 1 is 0.755 bits per heavy atom. The summed E-state index contributed by atoms with van der Waals surface area (Å²) in [6, 6.07) is 0. The lowest BCUT2D eigenvalue weighted by Crippen LogP contribution is -2.29. The molecular weight excluding hydrogens is 701 g/mol. The van der Waals surface area contributed by atoms with E-state index in [2.05, 4.69) is 13.8 Å². The van der Waals surface area contributed by atoms with Crippen molar-refractivity contribution in [2.24, 2.45) is 17.6 Å². The molecule has 312 valence electrons. The zero-order valence-electron chi connectivity index (χ0n) is 33.1. The highest BCUT2D eigenvalue weighted by Crippen LogP contribution is 2.43. The first kappa shape index (κ1) is 49.6. The van der Waals surface area contributed by atoms with E-state index in [0.717, 1.165) is 64.2 Å². The van der Waals surface area contributed by atoms with Gasteiger partial charge in [0.05, 0.1) is 31.5 Å². The van der Waals surface area contributed by atoms with Crippen LogP contribution in [-0.2, 0) is 32.7 Å². The van der Waals surface area contributed by atoms with Crippen molar-refractivity contribution in [3.05, 3.63) is 12.2 Å². The van der Waals surface area contributed by atoms with Crippen LogP contribution in [-0.4, -0.2) is 82.9 Å². The predicted molar refractivity (Wildman–Crippen MR) is 208 cm³/mol. The van der Waals surface area contributed by atoms with E-state index in [1.54, 1.807) is 6.08 Å². The minimum absolute atomic E-state index is 0.0210. The predicted octanol–water partition coefficient (Wildman–Crippen LogP) is 7.82. The molecular formula is C40H76NO11P. The summed E-state index contributed by atoms with van der Waals surface area (Å²) >= 11 is 0. The van der Waals surface area contributed by atoms with Crippen LogP contribution in [0, 0.1) is 11.8 Å². The standard InChI is InChI=1S/C40H76NO11P/c1-3-5-7-8-9-10-11-12-13-14-15-20-24-39(45)49-31-34(32-51-53(47,48)50-29-28-41)52-40(46)25-21-17-16-19-23-35-36(38(44)30-37(35)43)27-26-33(42)22-18-6-4-2/h26-27,33-38,42-44H,3-25,28-32,41H2,1-2H3,(H,47,48)/b27-26+/t33-,34+,35+,36+,37-,38+/m0/s1. The summed E-state index contributed by atoms with van der Waals surface area (Å²) in [4.78, 5) is 35.0. The van der Waals surface area contributed by atoms with E-state index >= 15 is 0 Å². The summed E-state index contributed by atoms with van der Waals surface area (Å²) in [6.45, 7) is 3.38. The molecule has 0 radical (unpaired) electrons. The van der Waals surface area contributed by atoms with E-state index in [4.69, 9.17) is 24.3 Å². The van der Waals surface area contributed by atoms with Gasteiger partial charge in [-0.2, -0.15) is 0 Å². The highest BCUT2D eigenvalue weighted by Gasteiger charge is 2.39. The molecule has 1 aliphatic carbocycles. The molecule has 0 saturated heterocycles. The van der Waals surface area contributed by atoms with Gasteiger partial charge in [-0.05, 0) is 31.6 Å². The number of aliphatic hydroxyl groups excluding tert-OH is 3. The number of hydrogen-bond acceptors (Lipinski definition) is 11. The molecule has 13 heteroatoms. The maximum atomic E-state index is 12.7. The molecule has 6 N–H and O–H groups in total. The fraction of sp³-hybridized carbons (Fsp3) is 0.900. The first-order valence-electron chi connectivity index (χ1n) is 20.9. The molecule has 53 heavy (non-hydrogen) atoms. The van der Waals surface area contributed by atoms with Crippen molar-refractivity contribution in [3.63, 3.8) is 0 Å². The summed E-state index contributed by atoms with van der Waals surface area (Å²) in [7, 11) is -4.43. The molecule has 0 aromatic carbocycles. The summed E-state index contributed by atoms with van der Waals surface area (Å²) in [5, 5.41) is 31.3. The Kier molecular flexibility index (Phi) is 29.8. The topological polar surface area (TPSA) is 195 Å². The van der Waals surface area contributed by atoms with Gasteiger partial charge in [-0.15, -0.1) is 0 Å². The number of phosphoric acid groups is 1. The Morgan fingerprint density at radius 2 is 1.30 bits per heavy atom. The van der Waals surface area contributed by atoms with Gasteiger partial charge in [0.1, 0.15) is 6.61 Å². The second-order valence-electron chi connectivity index (χ2n) is 14.8.